The van der Waals surface area contributed by atoms with Crippen molar-refractivity contribution in [1.29, 1.82) is 5.41 Å². The molecule has 0 unspecified atom stereocenters. The summed E-state index contributed by atoms with van der Waals surface area (Å²) in [4.78, 5) is 15.4. The van der Waals surface area contributed by atoms with Gasteiger partial charge in [0.15, 0.2) is 0 Å². The summed E-state index contributed by atoms with van der Waals surface area (Å²) >= 11 is 0. The first-order valence-corrected chi connectivity index (χ1v) is 10.5. The van der Waals surface area contributed by atoms with Gasteiger partial charge in [-0.2, -0.15) is 13.2 Å². The molecule has 1 aromatic heterocycles. The van der Waals surface area contributed by atoms with E-state index in [-0.39, 0.29) is 24.6 Å². The third-order valence-electron chi connectivity index (χ3n) is 5.45. The molecule has 5 nitrogen and oxygen atoms in total. The highest BCUT2D eigenvalue weighted by molar-refractivity contribution is 6.05. The first-order chi connectivity index (χ1) is 15.7. The molecule has 0 atom stereocenters. The van der Waals surface area contributed by atoms with Crippen LogP contribution >= 0.6 is 0 Å². The van der Waals surface area contributed by atoms with E-state index in [9.17, 15) is 22.4 Å². The summed E-state index contributed by atoms with van der Waals surface area (Å²) < 4.78 is 53.0. The van der Waals surface area contributed by atoms with E-state index in [0.29, 0.717) is 28.7 Å². The minimum absolute atomic E-state index is 0.00157. The number of anilines is 2. The van der Waals surface area contributed by atoms with Crippen LogP contribution < -0.4 is 16.2 Å². The van der Waals surface area contributed by atoms with Crippen LogP contribution in [-0.2, 0) is 19.3 Å². The van der Waals surface area contributed by atoms with Gasteiger partial charge >= 0.3 is 6.18 Å². The minimum atomic E-state index is -4.78. The Morgan fingerprint density at radius 1 is 1.03 bits per heavy atom. The van der Waals surface area contributed by atoms with Crippen molar-refractivity contribution in [3.63, 3.8) is 0 Å². The lowest BCUT2D eigenvalue weighted by Gasteiger charge is -2.15. The van der Waals surface area contributed by atoms with Gasteiger partial charge in [0, 0.05) is 47.1 Å². The molecule has 1 heterocycles. The number of halogens is 4. The molecule has 3 aromatic rings. The monoisotopic (exact) mass is 458 g/mol. The van der Waals surface area contributed by atoms with E-state index in [1.165, 1.54) is 6.07 Å². The normalized spacial score (nSPS) is 13.7. The molecule has 2 aromatic carbocycles. The van der Waals surface area contributed by atoms with Gasteiger partial charge in [-0.3, -0.25) is 4.79 Å². The third kappa shape index (κ3) is 5.31. The van der Waals surface area contributed by atoms with Crippen LogP contribution in [0.1, 0.15) is 35.1 Å². The minimum Gasteiger partial charge on any atom is -0.341 e. The zero-order valence-corrected chi connectivity index (χ0v) is 17.5. The van der Waals surface area contributed by atoms with Crippen LogP contribution in [0.15, 0.2) is 59.4 Å². The molecule has 33 heavy (non-hydrogen) atoms. The Balaban J connectivity index is 1.54. The molecule has 0 bridgehead atoms. The molecule has 9 heteroatoms. The van der Waals surface area contributed by atoms with Gasteiger partial charge in [-0.1, -0.05) is 30.3 Å². The first-order valence-electron chi connectivity index (χ1n) is 10.5. The Hall–Kier alpha value is -3.46. The Kier molecular flexibility index (Phi) is 6.33. The molecule has 1 aliphatic carbocycles. The van der Waals surface area contributed by atoms with Gasteiger partial charge in [0.1, 0.15) is 11.6 Å². The number of rotatable bonds is 8. The summed E-state index contributed by atoms with van der Waals surface area (Å²) in [5.74, 6) is -0.784. The van der Waals surface area contributed by atoms with Crippen LogP contribution in [0.4, 0.5) is 29.1 Å². The van der Waals surface area contributed by atoms with E-state index in [1.807, 2.05) is 30.3 Å². The number of aromatic nitrogens is 1. The standard InChI is InChI=1S/C24H22F4N4O/c25-20-15(5-4-8-19(20)24(26,27)28)12-30-13-16-11-18(21(29)14-9-10-14)22(32-23(16)33)31-17-6-2-1-3-7-17/h1-8,11,14,29-30H,9-10,12-13H2,(H2,31,32,33). The fraction of sp³-hybridized carbons (Fsp3) is 0.250. The highest BCUT2D eigenvalue weighted by atomic mass is 19.4. The van der Waals surface area contributed by atoms with Crippen molar-refractivity contribution in [2.45, 2.75) is 32.1 Å². The van der Waals surface area contributed by atoms with Crippen molar-refractivity contribution in [2.75, 3.05) is 5.32 Å². The van der Waals surface area contributed by atoms with Gasteiger partial charge in [0.05, 0.1) is 5.56 Å². The van der Waals surface area contributed by atoms with Gasteiger partial charge in [0.2, 0.25) is 0 Å². The number of benzene rings is 2. The number of aromatic amines is 1. The molecule has 4 rings (SSSR count). The van der Waals surface area contributed by atoms with Crippen LogP contribution in [0.25, 0.3) is 0 Å². The van der Waals surface area contributed by atoms with E-state index >= 15 is 0 Å². The summed E-state index contributed by atoms with van der Waals surface area (Å²) in [7, 11) is 0. The van der Waals surface area contributed by atoms with E-state index in [4.69, 9.17) is 5.41 Å². The molecule has 0 aliphatic heterocycles. The SMILES string of the molecule is N=C(c1cc(CNCc2cccc(C(F)(F)F)c2F)c(=O)[nH]c1Nc1ccccc1)C1CC1. The Morgan fingerprint density at radius 3 is 2.39 bits per heavy atom. The molecule has 1 aliphatic rings. The predicted molar refractivity (Wildman–Crippen MR) is 118 cm³/mol. The van der Waals surface area contributed by atoms with E-state index < -0.39 is 23.1 Å². The lowest BCUT2D eigenvalue weighted by atomic mass is 10.0. The molecule has 1 fully saturated rings. The van der Waals surface area contributed by atoms with E-state index in [0.717, 1.165) is 24.6 Å². The largest absolute Gasteiger partial charge is 0.419 e. The fourth-order valence-corrected chi connectivity index (χ4v) is 3.54. The Morgan fingerprint density at radius 2 is 1.73 bits per heavy atom. The molecule has 0 spiro atoms. The molecular formula is C24H22F4N4O. The third-order valence-corrected chi connectivity index (χ3v) is 5.45. The lowest BCUT2D eigenvalue weighted by molar-refractivity contribution is -0.140. The molecule has 1 saturated carbocycles. The van der Waals surface area contributed by atoms with E-state index in [1.54, 1.807) is 6.07 Å². The number of hydrogen-bond acceptors (Lipinski definition) is 4. The molecule has 0 amide bonds. The van der Waals surface area contributed by atoms with E-state index in [2.05, 4.69) is 15.6 Å². The van der Waals surface area contributed by atoms with Gasteiger partial charge in [-0.05, 0) is 37.1 Å². The predicted octanol–water partition coefficient (Wildman–Crippen LogP) is 5.34. The zero-order valence-electron chi connectivity index (χ0n) is 17.5. The number of H-pyrrole nitrogens is 1. The lowest BCUT2D eigenvalue weighted by Crippen LogP contribution is -2.24. The molecular weight excluding hydrogens is 436 g/mol. The second kappa shape index (κ2) is 9.19. The summed E-state index contributed by atoms with van der Waals surface area (Å²) in [6.07, 6.45) is -2.97. The first kappa shape index (κ1) is 22.7. The summed E-state index contributed by atoms with van der Waals surface area (Å²) in [6.45, 7) is -0.184. The number of alkyl halides is 3. The number of pyridine rings is 1. The quantitative estimate of drug-likeness (QED) is 0.272. The Labute approximate surface area is 187 Å². The maximum atomic E-state index is 14.2. The average molecular weight is 458 g/mol. The van der Waals surface area contributed by atoms with Gasteiger partial charge in [-0.15, -0.1) is 0 Å². The second-order valence-corrected chi connectivity index (χ2v) is 7.97. The van der Waals surface area contributed by atoms with Crippen LogP contribution in [0.2, 0.25) is 0 Å². The number of hydrogen-bond donors (Lipinski definition) is 4. The van der Waals surface area contributed by atoms with Crippen molar-refractivity contribution >= 4 is 17.2 Å². The van der Waals surface area contributed by atoms with Crippen molar-refractivity contribution in [1.82, 2.24) is 10.3 Å². The van der Waals surface area contributed by atoms with Crippen molar-refractivity contribution in [3.05, 3.63) is 93.0 Å². The molecule has 4 N–H and O–H groups in total. The maximum Gasteiger partial charge on any atom is 0.419 e. The van der Waals surface area contributed by atoms with Gasteiger partial charge in [0.25, 0.3) is 5.56 Å². The average Bonchev–Trinajstić information content (AvgIpc) is 3.61. The van der Waals surface area contributed by atoms with Crippen LogP contribution in [0.5, 0.6) is 0 Å². The van der Waals surface area contributed by atoms with Crippen molar-refractivity contribution in [3.8, 4) is 0 Å². The molecule has 0 saturated heterocycles. The van der Waals surface area contributed by atoms with Crippen LogP contribution in [-0.4, -0.2) is 10.7 Å². The summed E-state index contributed by atoms with van der Waals surface area (Å²) in [5.41, 5.74) is 0.159. The topological polar surface area (TPSA) is 80.8 Å². The maximum absolute atomic E-state index is 14.2. The molecule has 0 radical (unpaired) electrons. The number of para-hydroxylation sites is 1. The van der Waals surface area contributed by atoms with Crippen molar-refractivity contribution < 1.29 is 17.6 Å². The Bertz CT molecular complexity index is 1220. The van der Waals surface area contributed by atoms with Crippen LogP contribution in [0, 0.1) is 17.1 Å². The molecule has 172 valence electrons. The number of nitrogens with one attached hydrogen (secondary N) is 4. The van der Waals surface area contributed by atoms with Gasteiger partial charge < -0.3 is 21.0 Å². The highest BCUT2D eigenvalue weighted by Gasteiger charge is 2.34. The van der Waals surface area contributed by atoms with Crippen LogP contribution in [0.3, 0.4) is 0 Å². The highest BCUT2D eigenvalue weighted by Crippen LogP contribution is 2.35. The summed E-state index contributed by atoms with van der Waals surface area (Å²) in [6, 6.07) is 13.9. The fourth-order valence-electron chi connectivity index (χ4n) is 3.54. The second-order valence-electron chi connectivity index (χ2n) is 7.97. The smallest absolute Gasteiger partial charge is 0.341 e. The summed E-state index contributed by atoms with van der Waals surface area (Å²) in [5, 5.41) is 14.5. The van der Waals surface area contributed by atoms with Crippen molar-refractivity contribution in [2.24, 2.45) is 5.92 Å². The zero-order chi connectivity index (χ0) is 23.6. The van der Waals surface area contributed by atoms with Gasteiger partial charge in [-0.25, -0.2) is 4.39 Å².